The van der Waals surface area contributed by atoms with Gasteiger partial charge in [-0.3, -0.25) is 39.1 Å². The van der Waals surface area contributed by atoms with Gasteiger partial charge in [-0.15, -0.1) is 0 Å². The fourth-order valence-corrected chi connectivity index (χ4v) is 12.8. The summed E-state index contributed by atoms with van der Waals surface area (Å²) in [4.78, 5) is 110. The molecule has 26 heteroatoms. The number of nitrogens with one attached hydrogen (secondary N) is 6. The third kappa shape index (κ3) is 12.5. The summed E-state index contributed by atoms with van der Waals surface area (Å²) in [5.74, 6) is -0.609. The summed E-state index contributed by atoms with van der Waals surface area (Å²) in [5.41, 5.74) is 2.98. The van der Waals surface area contributed by atoms with Crippen molar-refractivity contribution in [2.45, 2.75) is 137 Å². The third-order valence-corrected chi connectivity index (χ3v) is 18.0. The zero-order chi connectivity index (χ0) is 66.0. The minimum absolute atomic E-state index is 0.00655. The first kappa shape index (κ1) is 64.5. The number of benzene rings is 4. The molecule has 93 heavy (non-hydrogen) atoms. The highest BCUT2D eigenvalue weighted by atomic mass is 16.6. The second kappa shape index (κ2) is 26.7. The lowest BCUT2D eigenvalue weighted by atomic mass is 9.84. The van der Waals surface area contributed by atoms with E-state index < -0.39 is 24.1 Å². The van der Waals surface area contributed by atoms with Crippen LogP contribution in [0.15, 0.2) is 150 Å². The molecule has 4 aliphatic heterocycles. The number of ether oxygens (including phenoxy) is 4. The maximum atomic E-state index is 13.8. The van der Waals surface area contributed by atoms with Crippen LogP contribution in [0.2, 0.25) is 0 Å². The maximum Gasteiger partial charge on any atom is 0.425 e. The molecule has 13 rings (SSSR count). The number of fused-ring (bicyclic) bond motifs is 6. The number of morpholine rings is 2. The van der Waals surface area contributed by atoms with Crippen molar-refractivity contribution in [1.82, 2.24) is 59.6 Å². The summed E-state index contributed by atoms with van der Waals surface area (Å²) >= 11 is 0. The van der Waals surface area contributed by atoms with Gasteiger partial charge in [-0.25, -0.2) is 34.2 Å². The third-order valence-electron chi connectivity index (χ3n) is 18.0. The maximum absolute atomic E-state index is 13.8. The summed E-state index contributed by atoms with van der Waals surface area (Å²) in [6.45, 7) is 21.6. The molecule has 10 atom stereocenters. The van der Waals surface area contributed by atoms with Crippen LogP contribution in [0.3, 0.4) is 0 Å². The summed E-state index contributed by atoms with van der Waals surface area (Å²) in [6, 6.07) is 37.2. The van der Waals surface area contributed by atoms with Crippen LogP contribution in [0, 0.1) is 30.6 Å². The monoisotopic (exact) mass is 1260 g/mol. The normalized spacial score (nSPS) is 23.2. The van der Waals surface area contributed by atoms with Crippen molar-refractivity contribution in [3.05, 3.63) is 167 Å². The predicted molar refractivity (Wildman–Crippen MR) is 349 cm³/mol. The van der Waals surface area contributed by atoms with Crippen molar-refractivity contribution in [2.75, 3.05) is 20.4 Å². The Hall–Kier alpha value is -10.0. The highest BCUT2D eigenvalue weighted by Crippen LogP contribution is 2.52. The van der Waals surface area contributed by atoms with Crippen molar-refractivity contribution in [3.8, 4) is 11.8 Å². The van der Waals surface area contributed by atoms with Gasteiger partial charge in [-0.1, -0.05) is 128 Å². The molecule has 0 spiro atoms. The first-order valence-corrected chi connectivity index (χ1v) is 31.2. The van der Waals surface area contributed by atoms with E-state index in [0.29, 0.717) is 45.4 Å². The first-order chi connectivity index (χ1) is 44.7. The topological polar surface area (TPSA) is 313 Å². The molecule has 484 valence electrons. The van der Waals surface area contributed by atoms with Crippen LogP contribution >= 0.6 is 0 Å². The van der Waals surface area contributed by atoms with Gasteiger partial charge < -0.3 is 34.6 Å². The van der Waals surface area contributed by atoms with Gasteiger partial charge in [-0.2, -0.15) is 19.9 Å². The van der Waals surface area contributed by atoms with Crippen LogP contribution in [0.5, 0.6) is 11.8 Å². The standard InChI is InChI=1S/C31H35N7O4.C22H20N6O3.C14H21N3O3/c1-6-31-19(4)23(33-20(31)5)28(42-31)37-17-32-24-25(37)34-29(35-26(39)18(2)3)36-27(24)41-30(40)38(21-13-9-7-10-14-21)22-15-11-8-12-16-22;1-14(2)19(29)26-21-25-18-17(23-13-24-18)20(27-21)31-22(30)28(15-9-5-3-6-10-15)16-11-7-4-8-12-16;1-5-14-8(3)10(15-9(14)4)12(20-14)17-6-7(2)11(18)16-13(17)19/h7-20,23,28,33H,6H2,1-5H3,(H,34,35,36,39);3-14H,1-2H3,(H2,23,24,25,26,27,29);6,8-10,12,15H,5H2,1-4H3,(H,16,18,19)/t19-,20+,23+,28+,31+;;8-,9+,10+,12+,14+/m0.0/s1. The van der Waals surface area contributed by atoms with Crippen LogP contribution < -0.4 is 51.8 Å². The van der Waals surface area contributed by atoms with E-state index in [9.17, 15) is 28.8 Å². The van der Waals surface area contributed by atoms with Crippen molar-refractivity contribution in [3.63, 3.8) is 0 Å². The van der Waals surface area contributed by atoms with E-state index in [1.807, 2.05) is 102 Å². The molecule has 4 aromatic carbocycles. The zero-order valence-corrected chi connectivity index (χ0v) is 53.5. The van der Waals surface area contributed by atoms with E-state index >= 15 is 0 Å². The fourth-order valence-electron chi connectivity index (χ4n) is 12.8. The molecule has 9 aromatic rings. The van der Waals surface area contributed by atoms with Gasteiger partial charge in [0.05, 0.1) is 58.7 Å². The number of hydrogen-bond donors (Lipinski definition) is 6. The number of para-hydroxylation sites is 4. The van der Waals surface area contributed by atoms with Gasteiger partial charge in [0.25, 0.3) is 17.3 Å². The van der Waals surface area contributed by atoms with E-state index in [2.05, 4.69) is 103 Å². The van der Waals surface area contributed by atoms with Gasteiger partial charge in [-0.05, 0) is 82.1 Å². The average Bonchev–Trinajstić information content (AvgIpc) is 1.60. The van der Waals surface area contributed by atoms with E-state index in [1.165, 1.54) is 20.7 Å². The molecule has 4 aliphatic rings. The molecule has 9 heterocycles. The molecular weight excluding hydrogens is 1190 g/mol. The number of aryl methyl sites for hydroxylation is 1. The molecular formula is C67H76N16O10. The average molecular weight is 1270 g/mol. The SMILES string of the molecule is CC(C)C(=O)Nc1nc(OC(=O)N(c2ccccc2)c2ccccc2)c2[nH]cnc2n1.CC[C@]12O[C@@H](n3cc(C)c(=O)[nH]c3=O)[C@H](N[C@@H]1C)[C@@H]2C.CC[C@]12O[C@@H](n3cnc4c(OC(=O)N(c5ccccc5)c5ccccc5)nc(NC(=O)C(C)C)nc43)[C@H](N[C@@H]1C)[C@@H]2C. The summed E-state index contributed by atoms with van der Waals surface area (Å²) < 4.78 is 27.9. The lowest BCUT2D eigenvalue weighted by Crippen LogP contribution is -2.51. The number of aromatic nitrogens is 10. The highest BCUT2D eigenvalue weighted by molar-refractivity contribution is 6.00. The molecule has 0 unspecified atom stereocenters. The molecule has 26 nitrogen and oxygen atoms in total. The van der Waals surface area contributed by atoms with E-state index in [-0.39, 0.29) is 112 Å². The number of rotatable bonds is 14. The fraction of sp³-hybridized carbons (Fsp3) is 0.373. The highest BCUT2D eigenvalue weighted by Gasteiger charge is 2.62. The Balaban J connectivity index is 0.000000152. The number of hydrogen-bond acceptors (Lipinski definition) is 18. The Bertz CT molecular complexity index is 4220. The Morgan fingerprint density at radius 3 is 1.47 bits per heavy atom. The molecule has 4 amide bonds. The van der Waals surface area contributed by atoms with Crippen LogP contribution in [0.1, 0.15) is 100 Å². The summed E-state index contributed by atoms with van der Waals surface area (Å²) in [6.07, 6.45) is 4.27. The Kier molecular flexibility index (Phi) is 18.5. The Morgan fingerprint density at radius 2 is 1.03 bits per heavy atom. The molecule has 4 bridgehead atoms. The number of H-pyrrole nitrogens is 2. The predicted octanol–water partition coefficient (Wildman–Crippen LogP) is 10.2. The number of aromatic amines is 2. The van der Waals surface area contributed by atoms with E-state index in [0.717, 1.165) is 12.8 Å². The summed E-state index contributed by atoms with van der Waals surface area (Å²) in [5, 5.41) is 12.6. The molecule has 6 N–H and O–H groups in total. The van der Waals surface area contributed by atoms with Crippen molar-refractivity contribution >= 4 is 81.0 Å². The van der Waals surface area contributed by atoms with Gasteiger partial charge >= 0.3 is 17.9 Å². The van der Waals surface area contributed by atoms with Gasteiger partial charge in [0.2, 0.25) is 23.7 Å². The summed E-state index contributed by atoms with van der Waals surface area (Å²) in [7, 11) is 0. The molecule has 0 aliphatic carbocycles. The number of amides is 4. The Morgan fingerprint density at radius 1 is 0.602 bits per heavy atom. The number of anilines is 6. The van der Waals surface area contributed by atoms with Gasteiger partial charge in [0.15, 0.2) is 29.3 Å². The van der Waals surface area contributed by atoms with E-state index in [4.69, 9.17) is 18.9 Å². The van der Waals surface area contributed by atoms with Crippen LogP contribution in [0.25, 0.3) is 22.3 Å². The second-order valence-corrected chi connectivity index (χ2v) is 24.2. The first-order valence-electron chi connectivity index (χ1n) is 31.2. The molecule has 4 saturated heterocycles. The van der Waals surface area contributed by atoms with E-state index in [1.54, 1.807) is 71.4 Å². The van der Waals surface area contributed by atoms with Gasteiger partial charge in [0, 0.05) is 47.5 Å². The van der Waals surface area contributed by atoms with Crippen molar-refractivity contribution in [2.24, 2.45) is 23.7 Å². The van der Waals surface area contributed by atoms with Crippen LogP contribution in [-0.4, -0.2) is 108 Å². The minimum Gasteiger partial charge on any atom is -0.388 e. The number of imidazole rings is 2. The second-order valence-electron chi connectivity index (χ2n) is 24.2. The quantitative estimate of drug-likeness (QED) is 0.0589. The minimum atomic E-state index is -0.687. The number of carbonyl (C=O) groups is 4. The molecule has 5 aromatic heterocycles. The van der Waals surface area contributed by atoms with Crippen molar-refractivity contribution < 1.29 is 38.1 Å². The zero-order valence-electron chi connectivity index (χ0n) is 53.5. The van der Waals surface area contributed by atoms with Crippen molar-refractivity contribution in [1.29, 1.82) is 0 Å². The lowest BCUT2D eigenvalue weighted by molar-refractivity contribution is -0.122. The molecule has 0 radical (unpaired) electrons. The number of carbonyl (C=O) groups excluding carboxylic acids is 4. The van der Waals surface area contributed by atoms with Crippen LogP contribution in [-0.2, 0) is 19.1 Å². The van der Waals surface area contributed by atoms with Gasteiger partial charge in [0.1, 0.15) is 5.52 Å². The largest absolute Gasteiger partial charge is 0.425 e. The van der Waals surface area contributed by atoms with Crippen LogP contribution in [0.4, 0.5) is 44.2 Å². The molecule has 4 fully saturated rings. The molecule has 0 saturated carbocycles. The Labute approximate surface area is 535 Å². The number of nitrogens with zero attached hydrogens (tertiary/aromatic N) is 10. The lowest BCUT2D eigenvalue weighted by Gasteiger charge is -2.37. The smallest absolute Gasteiger partial charge is 0.388 e.